The summed E-state index contributed by atoms with van der Waals surface area (Å²) >= 11 is 1.58. The van der Waals surface area contributed by atoms with Crippen LogP contribution in [0.3, 0.4) is 0 Å². The van der Waals surface area contributed by atoms with Crippen LogP contribution in [0.2, 0.25) is 0 Å². The molecule has 0 unspecified atom stereocenters. The number of halogens is 1. The normalized spacial score (nSPS) is 14.3. The highest BCUT2D eigenvalue weighted by atomic mass is 32.1. The van der Waals surface area contributed by atoms with Gasteiger partial charge in [-0.3, -0.25) is 0 Å². The van der Waals surface area contributed by atoms with Crippen molar-refractivity contribution in [1.29, 1.82) is 0 Å². The maximum atomic E-state index is 12.8. The van der Waals surface area contributed by atoms with Crippen LogP contribution in [0.25, 0.3) is 0 Å². The van der Waals surface area contributed by atoms with Gasteiger partial charge in [0.25, 0.3) is 0 Å². The standard InChI is InChI=1S/C15H18FNOS/c1-11(8-12-2-4-14(16)5-3-12)17-9-15(18)13-6-7-19-10-13/h2-7,10-11,15,17-18H,8-9H2,1H3/t11-,15-/m1/s1. The highest BCUT2D eigenvalue weighted by molar-refractivity contribution is 7.07. The lowest BCUT2D eigenvalue weighted by molar-refractivity contribution is 0.171. The predicted molar refractivity (Wildman–Crippen MR) is 76.8 cm³/mol. The fourth-order valence-corrected chi connectivity index (χ4v) is 2.65. The lowest BCUT2D eigenvalue weighted by Gasteiger charge is -2.16. The Morgan fingerprint density at radius 3 is 2.63 bits per heavy atom. The van der Waals surface area contributed by atoms with Crippen LogP contribution in [0, 0.1) is 5.82 Å². The van der Waals surface area contributed by atoms with Gasteiger partial charge in [-0.05, 0) is 53.4 Å². The maximum Gasteiger partial charge on any atom is 0.123 e. The Morgan fingerprint density at radius 2 is 2.00 bits per heavy atom. The Bertz CT molecular complexity index is 483. The van der Waals surface area contributed by atoms with Crippen molar-refractivity contribution in [2.24, 2.45) is 0 Å². The molecule has 0 aliphatic carbocycles. The van der Waals surface area contributed by atoms with Gasteiger partial charge in [-0.2, -0.15) is 11.3 Å². The largest absolute Gasteiger partial charge is 0.387 e. The fraction of sp³-hybridized carbons (Fsp3) is 0.333. The summed E-state index contributed by atoms with van der Waals surface area (Å²) < 4.78 is 12.8. The first-order valence-corrected chi connectivity index (χ1v) is 7.27. The van der Waals surface area contributed by atoms with E-state index < -0.39 is 6.10 Å². The second-order valence-corrected chi connectivity index (χ2v) is 5.49. The molecule has 1 aromatic heterocycles. The molecule has 0 aliphatic rings. The van der Waals surface area contributed by atoms with Crippen molar-refractivity contribution in [3.8, 4) is 0 Å². The summed E-state index contributed by atoms with van der Waals surface area (Å²) in [5.41, 5.74) is 2.04. The third-order valence-corrected chi connectivity index (χ3v) is 3.74. The van der Waals surface area contributed by atoms with E-state index in [1.165, 1.54) is 12.1 Å². The molecule has 2 rings (SSSR count). The molecule has 0 bridgehead atoms. The quantitative estimate of drug-likeness (QED) is 0.851. The molecule has 0 radical (unpaired) electrons. The molecule has 2 atom stereocenters. The summed E-state index contributed by atoms with van der Waals surface area (Å²) in [7, 11) is 0. The van der Waals surface area contributed by atoms with E-state index in [1.54, 1.807) is 23.5 Å². The van der Waals surface area contributed by atoms with Crippen molar-refractivity contribution >= 4 is 11.3 Å². The highest BCUT2D eigenvalue weighted by Crippen LogP contribution is 2.15. The van der Waals surface area contributed by atoms with E-state index in [4.69, 9.17) is 0 Å². The summed E-state index contributed by atoms with van der Waals surface area (Å²) in [5.74, 6) is -0.211. The van der Waals surface area contributed by atoms with Gasteiger partial charge in [0.1, 0.15) is 5.82 Å². The van der Waals surface area contributed by atoms with Crippen molar-refractivity contribution in [1.82, 2.24) is 5.32 Å². The second-order valence-electron chi connectivity index (χ2n) is 4.71. The van der Waals surface area contributed by atoms with Crippen LogP contribution < -0.4 is 5.32 Å². The van der Waals surface area contributed by atoms with Gasteiger partial charge in [0.15, 0.2) is 0 Å². The van der Waals surface area contributed by atoms with Crippen LogP contribution in [-0.4, -0.2) is 17.7 Å². The van der Waals surface area contributed by atoms with Crippen molar-refractivity contribution in [2.75, 3.05) is 6.54 Å². The molecular weight excluding hydrogens is 261 g/mol. The zero-order valence-corrected chi connectivity index (χ0v) is 11.7. The van der Waals surface area contributed by atoms with Gasteiger partial charge in [-0.1, -0.05) is 12.1 Å². The van der Waals surface area contributed by atoms with Crippen molar-refractivity contribution in [3.63, 3.8) is 0 Å². The van der Waals surface area contributed by atoms with Crippen molar-refractivity contribution in [3.05, 3.63) is 58.0 Å². The number of nitrogens with one attached hydrogen (secondary N) is 1. The van der Waals surface area contributed by atoms with Gasteiger partial charge in [0.2, 0.25) is 0 Å². The Hall–Kier alpha value is -1.23. The van der Waals surface area contributed by atoms with E-state index in [0.717, 1.165) is 17.5 Å². The van der Waals surface area contributed by atoms with Crippen molar-refractivity contribution in [2.45, 2.75) is 25.5 Å². The molecule has 19 heavy (non-hydrogen) atoms. The first-order valence-electron chi connectivity index (χ1n) is 6.33. The summed E-state index contributed by atoms with van der Waals surface area (Å²) in [6.45, 7) is 2.59. The monoisotopic (exact) mass is 279 g/mol. The zero-order chi connectivity index (χ0) is 13.7. The van der Waals surface area contributed by atoms with Crippen LogP contribution in [0.15, 0.2) is 41.1 Å². The average Bonchev–Trinajstić information content (AvgIpc) is 2.93. The molecule has 2 aromatic rings. The van der Waals surface area contributed by atoms with Gasteiger partial charge >= 0.3 is 0 Å². The van der Waals surface area contributed by atoms with E-state index >= 15 is 0 Å². The lowest BCUT2D eigenvalue weighted by atomic mass is 10.1. The van der Waals surface area contributed by atoms with E-state index in [-0.39, 0.29) is 11.9 Å². The molecule has 0 spiro atoms. The molecule has 102 valence electrons. The molecule has 0 amide bonds. The van der Waals surface area contributed by atoms with Crippen LogP contribution in [-0.2, 0) is 6.42 Å². The lowest BCUT2D eigenvalue weighted by Crippen LogP contribution is -2.31. The zero-order valence-electron chi connectivity index (χ0n) is 10.8. The highest BCUT2D eigenvalue weighted by Gasteiger charge is 2.10. The Morgan fingerprint density at radius 1 is 1.26 bits per heavy atom. The minimum absolute atomic E-state index is 0.211. The molecule has 2 nitrogen and oxygen atoms in total. The molecule has 0 aliphatic heterocycles. The number of hydrogen-bond donors (Lipinski definition) is 2. The molecule has 0 fully saturated rings. The summed E-state index contributed by atoms with van der Waals surface area (Å²) in [6, 6.07) is 8.70. The van der Waals surface area contributed by atoms with Crippen LogP contribution in [0.1, 0.15) is 24.2 Å². The molecule has 1 aromatic carbocycles. The number of aliphatic hydroxyl groups excluding tert-OH is 1. The number of thiophene rings is 1. The summed E-state index contributed by atoms with van der Waals surface area (Å²) in [4.78, 5) is 0. The first kappa shape index (κ1) is 14.2. The topological polar surface area (TPSA) is 32.3 Å². The molecule has 0 saturated heterocycles. The third-order valence-electron chi connectivity index (χ3n) is 3.04. The molecule has 1 heterocycles. The van der Waals surface area contributed by atoms with E-state index in [2.05, 4.69) is 12.2 Å². The smallest absolute Gasteiger partial charge is 0.123 e. The summed E-state index contributed by atoms with van der Waals surface area (Å²) in [5, 5.41) is 17.2. The maximum absolute atomic E-state index is 12.8. The fourth-order valence-electron chi connectivity index (χ4n) is 1.94. The number of hydrogen-bond acceptors (Lipinski definition) is 3. The van der Waals surface area contributed by atoms with Crippen LogP contribution in [0.5, 0.6) is 0 Å². The second kappa shape index (κ2) is 6.80. The van der Waals surface area contributed by atoms with Gasteiger partial charge in [0.05, 0.1) is 6.10 Å². The minimum Gasteiger partial charge on any atom is -0.387 e. The first-order chi connectivity index (χ1) is 9.15. The number of benzene rings is 1. The van der Waals surface area contributed by atoms with Gasteiger partial charge in [-0.25, -0.2) is 4.39 Å². The van der Waals surface area contributed by atoms with Crippen molar-refractivity contribution < 1.29 is 9.50 Å². The van der Waals surface area contributed by atoms with E-state index in [9.17, 15) is 9.50 Å². The van der Waals surface area contributed by atoms with E-state index in [0.29, 0.717) is 6.54 Å². The van der Waals surface area contributed by atoms with E-state index in [1.807, 2.05) is 16.8 Å². The number of rotatable bonds is 6. The minimum atomic E-state index is -0.470. The Labute approximate surface area is 116 Å². The SMILES string of the molecule is C[C@H](Cc1ccc(F)cc1)NC[C@@H](O)c1ccsc1. The molecule has 0 saturated carbocycles. The predicted octanol–water partition coefficient (Wildman–Crippen LogP) is 3.14. The van der Waals surface area contributed by atoms with Gasteiger partial charge < -0.3 is 10.4 Å². The molecular formula is C15H18FNOS. The third kappa shape index (κ3) is 4.42. The van der Waals surface area contributed by atoms with Gasteiger partial charge in [0, 0.05) is 12.6 Å². The Kier molecular flexibility index (Phi) is 5.07. The molecule has 4 heteroatoms. The number of aliphatic hydroxyl groups is 1. The van der Waals surface area contributed by atoms with Gasteiger partial charge in [-0.15, -0.1) is 0 Å². The summed E-state index contributed by atoms with van der Waals surface area (Å²) in [6.07, 6.45) is 0.346. The average molecular weight is 279 g/mol. The van der Waals surface area contributed by atoms with Crippen LogP contribution >= 0.6 is 11.3 Å². The van der Waals surface area contributed by atoms with Crippen LogP contribution in [0.4, 0.5) is 4.39 Å². The Balaban J connectivity index is 1.78. The molecule has 2 N–H and O–H groups in total.